The van der Waals surface area contributed by atoms with Gasteiger partial charge in [0.05, 0.1) is 5.69 Å². The molecule has 0 aliphatic carbocycles. The van der Waals surface area contributed by atoms with E-state index in [9.17, 15) is 9.18 Å². The molecule has 0 saturated heterocycles. The zero-order valence-electron chi connectivity index (χ0n) is 12.5. The fourth-order valence-electron chi connectivity index (χ4n) is 2.11. The number of thiazole rings is 1. The highest BCUT2D eigenvalue weighted by molar-refractivity contribution is 7.17. The number of benzene rings is 2. The summed E-state index contributed by atoms with van der Waals surface area (Å²) in [5.41, 5.74) is 1.92. The summed E-state index contributed by atoms with van der Waals surface area (Å²) in [6, 6.07) is 15.9. The molecule has 0 fully saturated rings. The second-order valence-electron chi connectivity index (χ2n) is 4.97. The summed E-state index contributed by atoms with van der Waals surface area (Å²) in [5.74, 6) is -0.864. The van der Waals surface area contributed by atoms with Crippen LogP contribution in [0.25, 0.3) is 10.6 Å². The number of carbonyl (C=O) groups excluding carboxylic acids is 1. The summed E-state index contributed by atoms with van der Waals surface area (Å²) in [7, 11) is 0. The van der Waals surface area contributed by atoms with Crippen LogP contribution in [0.5, 0.6) is 0 Å². The van der Waals surface area contributed by atoms with Crippen LogP contribution in [0.3, 0.4) is 0 Å². The summed E-state index contributed by atoms with van der Waals surface area (Å²) in [4.78, 5) is 17.1. The number of halogens is 1. The van der Waals surface area contributed by atoms with Crippen LogP contribution in [-0.2, 0) is 11.3 Å². The molecule has 0 aliphatic heterocycles. The van der Waals surface area contributed by atoms with Crippen LogP contribution in [0.4, 0.5) is 4.39 Å². The Hall–Kier alpha value is -2.53. The lowest BCUT2D eigenvalue weighted by Gasteiger charge is -2.04. The summed E-state index contributed by atoms with van der Waals surface area (Å²) in [5, 5.41) is 0.765. The van der Waals surface area contributed by atoms with Gasteiger partial charge in [0, 0.05) is 11.1 Å². The van der Waals surface area contributed by atoms with E-state index >= 15 is 0 Å². The number of aromatic nitrogens is 1. The Morgan fingerprint density at radius 3 is 2.57 bits per heavy atom. The number of ether oxygens (including phenoxy) is 1. The minimum Gasteiger partial charge on any atom is -0.456 e. The predicted octanol–water partition coefficient (Wildman–Crippen LogP) is 4.61. The number of rotatable bonds is 4. The molecule has 5 heteroatoms. The summed E-state index contributed by atoms with van der Waals surface area (Å²) >= 11 is 1.28. The molecule has 0 radical (unpaired) electrons. The van der Waals surface area contributed by atoms with Crippen LogP contribution in [0.2, 0.25) is 0 Å². The van der Waals surface area contributed by atoms with Crippen molar-refractivity contribution in [3.63, 3.8) is 0 Å². The molecular weight excluding hydrogens is 313 g/mol. The van der Waals surface area contributed by atoms with Gasteiger partial charge in [0.25, 0.3) is 0 Å². The molecule has 1 heterocycles. The lowest BCUT2D eigenvalue weighted by Crippen LogP contribution is -2.05. The van der Waals surface area contributed by atoms with Crippen molar-refractivity contribution < 1.29 is 13.9 Å². The lowest BCUT2D eigenvalue weighted by atomic mass is 10.2. The molecule has 0 saturated carbocycles. The molecule has 0 aliphatic rings. The van der Waals surface area contributed by atoms with Crippen molar-refractivity contribution in [1.29, 1.82) is 0 Å². The van der Waals surface area contributed by atoms with E-state index in [4.69, 9.17) is 4.74 Å². The normalized spacial score (nSPS) is 10.5. The molecule has 116 valence electrons. The molecule has 1 aromatic heterocycles. The van der Waals surface area contributed by atoms with E-state index in [1.54, 1.807) is 25.1 Å². The SMILES string of the molecule is Cc1nc(-c2ccccc2)sc1C(=O)OCc1ccccc1F. The molecule has 0 spiro atoms. The maximum absolute atomic E-state index is 13.5. The van der Waals surface area contributed by atoms with Crippen molar-refractivity contribution in [2.45, 2.75) is 13.5 Å². The molecule has 0 N–H and O–H groups in total. The molecule has 3 rings (SSSR count). The van der Waals surface area contributed by atoms with Crippen LogP contribution in [0.15, 0.2) is 54.6 Å². The Kier molecular flexibility index (Phi) is 4.48. The molecule has 0 unspecified atom stereocenters. The smallest absolute Gasteiger partial charge is 0.350 e. The average molecular weight is 327 g/mol. The summed E-state index contributed by atoms with van der Waals surface area (Å²) in [6.45, 7) is 1.67. The highest BCUT2D eigenvalue weighted by Gasteiger charge is 2.18. The highest BCUT2D eigenvalue weighted by atomic mass is 32.1. The minimum atomic E-state index is -0.481. The quantitative estimate of drug-likeness (QED) is 0.657. The second kappa shape index (κ2) is 6.71. The van der Waals surface area contributed by atoms with Gasteiger partial charge in [0.2, 0.25) is 0 Å². The van der Waals surface area contributed by atoms with Crippen LogP contribution >= 0.6 is 11.3 Å². The van der Waals surface area contributed by atoms with Crippen LogP contribution in [-0.4, -0.2) is 11.0 Å². The zero-order chi connectivity index (χ0) is 16.2. The molecular formula is C18H14FNO2S. The van der Waals surface area contributed by atoms with Gasteiger partial charge in [0.1, 0.15) is 22.3 Å². The molecule has 0 atom stereocenters. The fourth-order valence-corrected chi connectivity index (χ4v) is 3.08. The number of carbonyl (C=O) groups is 1. The van der Waals surface area contributed by atoms with Crippen molar-refractivity contribution >= 4 is 17.3 Å². The first-order valence-corrected chi connectivity index (χ1v) is 7.90. The first-order chi connectivity index (χ1) is 11.1. The highest BCUT2D eigenvalue weighted by Crippen LogP contribution is 2.28. The molecule has 0 bridgehead atoms. The van der Waals surface area contributed by atoms with Crippen molar-refractivity contribution in [3.05, 3.63) is 76.5 Å². The largest absolute Gasteiger partial charge is 0.456 e. The van der Waals surface area contributed by atoms with Gasteiger partial charge in [-0.1, -0.05) is 48.5 Å². The van der Waals surface area contributed by atoms with Gasteiger partial charge in [-0.15, -0.1) is 11.3 Å². The van der Waals surface area contributed by atoms with E-state index in [0.29, 0.717) is 16.1 Å². The monoisotopic (exact) mass is 327 g/mol. The van der Waals surface area contributed by atoms with E-state index in [0.717, 1.165) is 10.6 Å². The van der Waals surface area contributed by atoms with Crippen molar-refractivity contribution in [3.8, 4) is 10.6 Å². The second-order valence-corrected chi connectivity index (χ2v) is 5.97. The van der Waals surface area contributed by atoms with Crippen molar-refractivity contribution in [2.75, 3.05) is 0 Å². The third-order valence-corrected chi connectivity index (χ3v) is 4.51. The van der Waals surface area contributed by atoms with Crippen LogP contribution < -0.4 is 0 Å². The van der Waals surface area contributed by atoms with E-state index in [-0.39, 0.29) is 12.4 Å². The average Bonchev–Trinajstić information content (AvgIpc) is 2.97. The van der Waals surface area contributed by atoms with E-state index in [1.165, 1.54) is 17.4 Å². The molecule has 0 amide bonds. The first kappa shape index (κ1) is 15.4. The minimum absolute atomic E-state index is 0.0937. The zero-order valence-corrected chi connectivity index (χ0v) is 13.3. The van der Waals surface area contributed by atoms with Gasteiger partial charge < -0.3 is 4.74 Å². The van der Waals surface area contributed by atoms with Gasteiger partial charge in [-0.2, -0.15) is 0 Å². The van der Waals surface area contributed by atoms with Gasteiger partial charge in [0.15, 0.2) is 0 Å². The summed E-state index contributed by atoms with van der Waals surface area (Å²) in [6.07, 6.45) is 0. The van der Waals surface area contributed by atoms with E-state index in [1.807, 2.05) is 30.3 Å². The Bertz CT molecular complexity index is 830. The number of nitrogens with zero attached hydrogens (tertiary/aromatic N) is 1. The van der Waals surface area contributed by atoms with Gasteiger partial charge in [-0.05, 0) is 13.0 Å². The fraction of sp³-hybridized carbons (Fsp3) is 0.111. The lowest BCUT2D eigenvalue weighted by molar-refractivity contribution is 0.0473. The molecule has 23 heavy (non-hydrogen) atoms. The predicted molar refractivity (Wildman–Crippen MR) is 87.8 cm³/mol. The molecule has 3 nitrogen and oxygen atoms in total. The molecule has 3 aromatic rings. The Morgan fingerprint density at radius 2 is 1.83 bits per heavy atom. The number of hydrogen-bond donors (Lipinski definition) is 0. The standard InChI is InChI=1S/C18H14FNO2S/c1-12-16(23-17(20-12)13-7-3-2-4-8-13)18(21)22-11-14-9-5-6-10-15(14)19/h2-10H,11H2,1H3. The first-order valence-electron chi connectivity index (χ1n) is 7.08. The maximum atomic E-state index is 13.5. The number of esters is 1. The van der Waals surface area contributed by atoms with Gasteiger partial charge in [-0.25, -0.2) is 14.2 Å². The number of aryl methyl sites for hydroxylation is 1. The Balaban J connectivity index is 1.75. The van der Waals surface area contributed by atoms with Crippen LogP contribution in [0.1, 0.15) is 20.9 Å². The van der Waals surface area contributed by atoms with E-state index in [2.05, 4.69) is 4.98 Å². The molecule has 2 aromatic carbocycles. The third kappa shape index (κ3) is 3.46. The number of hydrogen-bond acceptors (Lipinski definition) is 4. The van der Waals surface area contributed by atoms with E-state index < -0.39 is 5.97 Å². The van der Waals surface area contributed by atoms with Crippen LogP contribution in [0, 0.1) is 12.7 Å². The topological polar surface area (TPSA) is 39.2 Å². The van der Waals surface area contributed by atoms with Crippen molar-refractivity contribution in [2.24, 2.45) is 0 Å². The van der Waals surface area contributed by atoms with Crippen molar-refractivity contribution in [1.82, 2.24) is 4.98 Å². The van der Waals surface area contributed by atoms with Gasteiger partial charge >= 0.3 is 5.97 Å². The third-order valence-electron chi connectivity index (χ3n) is 3.32. The maximum Gasteiger partial charge on any atom is 0.350 e. The Labute approximate surface area is 137 Å². The summed E-state index contributed by atoms with van der Waals surface area (Å²) < 4.78 is 18.8. The Morgan fingerprint density at radius 1 is 1.13 bits per heavy atom. The van der Waals surface area contributed by atoms with Gasteiger partial charge in [-0.3, -0.25) is 0 Å².